The van der Waals surface area contributed by atoms with E-state index < -0.39 is 0 Å². The van der Waals surface area contributed by atoms with Crippen molar-refractivity contribution in [1.82, 2.24) is 15.4 Å². The summed E-state index contributed by atoms with van der Waals surface area (Å²) in [5.74, 6) is 5.62. The van der Waals surface area contributed by atoms with Gasteiger partial charge in [0.2, 0.25) is 0 Å². The minimum Gasteiger partial charge on any atom is -0.271 e. The highest BCUT2D eigenvalue weighted by Gasteiger charge is 2.11. The monoisotopic (exact) mass is 370 g/mol. The molecule has 6 heteroatoms. The highest BCUT2D eigenvalue weighted by atomic mass is 79.9. The molecule has 0 aliphatic rings. The molecule has 94 valence electrons. The molecule has 2 rings (SSSR count). The van der Waals surface area contributed by atoms with Crippen LogP contribution >= 0.6 is 31.9 Å². The quantitative estimate of drug-likeness (QED) is 0.640. The van der Waals surface area contributed by atoms with Crippen molar-refractivity contribution in [3.05, 3.63) is 57.0 Å². The van der Waals surface area contributed by atoms with Crippen LogP contribution in [-0.2, 0) is 6.42 Å². The molecule has 0 aliphatic heterocycles. The fourth-order valence-electron chi connectivity index (χ4n) is 1.70. The number of nitrogens with zero attached hydrogens (tertiary/aromatic N) is 2. The molecule has 0 saturated heterocycles. The van der Waals surface area contributed by atoms with Crippen molar-refractivity contribution in [3.8, 4) is 0 Å². The average Bonchev–Trinajstić information content (AvgIpc) is 2.36. The number of nitrogens with two attached hydrogens (primary N) is 1. The number of nitrogens with one attached hydrogen (secondary N) is 1. The second-order valence-corrected chi connectivity index (χ2v) is 5.70. The Morgan fingerprint density at radius 1 is 1.06 bits per heavy atom. The molecule has 1 atom stereocenters. The van der Waals surface area contributed by atoms with Gasteiger partial charge in [0, 0.05) is 33.7 Å². The second kappa shape index (κ2) is 6.38. The standard InChI is InChI=1S/C12H12Br2N4/c13-10-1-8(4-16-6-10)2-12(18-15)9-3-11(14)7-17-5-9/h1,3-7,12,18H,2,15H2. The third-order valence-electron chi connectivity index (χ3n) is 2.53. The third-order valence-corrected chi connectivity index (χ3v) is 3.40. The van der Waals surface area contributed by atoms with Gasteiger partial charge in [-0.15, -0.1) is 0 Å². The zero-order valence-electron chi connectivity index (χ0n) is 9.48. The Labute approximate surface area is 122 Å². The molecular weight excluding hydrogens is 360 g/mol. The Bertz CT molecular complexity index is 533. The lowest BCUT2D eigenvalue weighted by Crippen LogP contribution is -2.29. The predicted octanol–water partition coefficient (Wildman–Crippen LogP) is 2.75. The van der Waals surface area contributed by atoms with Crippen molar-refractivity contribution in [1.29, 1.82) is 0 Å². The average molecular weight is 372 g/mol. The van der Waals surface area contributed by atoms with Gasteiger partial charge in [0.25, 0.3) is 0 Å². The maximum absolute atomic E-state index is 5.62. The van der Waals surface area contributed by atoms with Crippen LogP contribution in [0.1, 0.15) is 17.2 Å². The summed E-state index contributed by atoms with van der Waals surface area (Å²) >= 11 is 6.81. The number of aromatic nitrogens is 2. The molecule has 0 aromatic carbocycles. The summed E-state index contributed by atoms with van der Waals surface area (Å²) < 4.78 is 1.90. The van der Waals surface area contributed by atoms with E-state index >= 15 is 0 Å². The van der Waals surface area contributed by atoms with Crippen LogP contribution in [0.2, 0.25) is 0 Å². The van der Waals surface area contributed by atoms with Gasteiger partial charge in [-0.25, -0.2) is 0 Å². The molecule has 1 unspecified atom stereocenters. The van der Waals surface area contributed by atoms with Gasteiger partial charge >= 0.3 is 0 Å². The van der Waals surface area contributed by atoms with Gasteiger partial charge in [-0.3, -0.25) is 21.2 Å². The first-order valence-electron chi connectivity index (χ1n) is 5.35. The van der Waals surface area contributed by atoms with Crippen molar-refractivity contribution >= 4 is 31.9 Å². The highest BCUT2D eigenvalue weighted by Crippen LogP contribution is 2.21. The van der Waals surface area contributed by atoms with E-state index in [1.807, 2.05) is 18.3 Å². The van der Waals surface area contributed by atoms with Crippen LogP contribution in [0.4, 0.5) is 0 Å². The summed E-state index contributed by atoms with van der Waals surface area (Å²) in [6.45, 7) is 0. The first kappa shape index (κ1) is 13.6. The van der Waals surface area contributed by atoms with Crippen LogP contribution < -0.4 is 11.3 Å². The molecule has 3 N–H and O–H groups in total. The summed E-state index contributed by atoms with van der Waals surface area (Å²) in [6, 6.07) is 4.04. The van der Waals surface area contributed by atoms with Gasteiger partial charge in [0.15, 0.2) is 0 Å². The second-order valence-electron chi connectivity index (χ2n) is 3.87. The van der Waals surface area contributed by atoms with Crippen molar-refractivity contribution < 1.29 is 0 Å². The predicted molar refractivity (Wildman–Crippen MR) is 77.6 cm³/mol. The maximum Gasteiger partial charge on any atom is 0.0516 e. The molecule has 2 heterocycles. The molecule has 0 bridgehead atoms. The van der Waals surface area contributed by atoms with Gasteiger partial charge < -0.3 is 0 Å². The summed E-state index contributed by atoms with van der Waals surface area (Å²) in [6.07, 6.45) is 7.90. The van der Waals surface area contributed by atoms with Crippen molar-refractivity contribution in [2.24, 2.45) is 5.84 Å². The van der Waals surface area contributed by atoms with Gasteiger partial charge in [-0.05, 0) is 61.5 Å². The lowest BCUT2D eigenvalue weighted by atomic mass is 10.0. The van der Waals surface area contributed by atoms with Gasteiger partial charge in [0.05, 0.1) is 6.04 Å². The number of hydrazine groups is 1. The molecule has 0 aliphatic carbocycles. The van der Waals surface area contributed by atoms with Gasteiger partial charge in [-0.2, -0.15) is 0 Å². The zero-order chi connectivity index (χ0) is 13.0. The SMILES string of the molecule is NNC(Cc1cncc(Br)c1)c1cncc(Br)c1. The van der Waals surface area contributed by atoms with E-state index in [0.717, 1.165) is 26.5 Å². The molecular formula is C12H12Br2N4. The largest absolute Gasteiger partial charge is 0.271 e. The van der Waals surface area contributed by atoms with E-state index in [9.17, 15) is 0 Å². The van der Waals surface area contributed by atoms with E-state index in [2.05, 4.69) is 47.3 Å². The molecule has 0 fully saturated rings. The van der Waals surface area contributed by atoms with Crippen LogP contribution in [0.25, 0.3) is 0 Å². The first-order valence-corrected chi connectivity index (χ1v) is 6.93. The molecule has 0 radical (unpaired) electrons. The number of rotatable bonds is 4. The minimum atomic E-state index is 0.00565. The zero-order valence-corrected chi connectivity index (χ0v) is 12.6. The van der Waals surface area contributed by atoms with Crippen molar-refractivity contribution in [2.75, 3.05) is 0 Å². The number of hydrogen-bond donors (Lipinski definition) is 2. The smallest absolute Gasteiger partial charge is 0.0516 e. The van der Waals surface area contributed by atoms with Gasteiger partial charge in [-0.1, -0.05) is 0 Å². The summed E-state index contributed by atoms with van der Waals surface area (Å²) in [5, 5.41) is 0. The first-order chi connectivity index (χ1) is 8.69. The topological polar surface area (TPSA) is 63.8 Å². The van der Waals surface area contributed by atoms with E-state index in [0.29, 0.717) is 0 Å². The molecule has 4 nitrogen and oxygen atoms in total. The normalized spacial score (nSPS) is 12.4. The number of pyridine rings is 2. The summed E-state index contributed by atoms with van der Waals surface area (Å²) in [5.41, 5.74) is 4.95. The molecule has 2 aromatic heterocycles. The van der Waals surface area contributed by atoms with Crippen molar-refractivity contribution in [3.63, 3.8) is 0 Å². The van der Waals surface area contributed by atoms with Crippen LogP contribution in [0.15, 0.2) is 45.9 Å². The van der Waals surface area contributed by atoms with E-state index in [1.165, 1.54) is 0 Å². The van der Waals surface area contributed by atoms with Gasteiger partial charge in [0.1, 0.15) is 0 Å². The fourth-order valence-corrected chi connectivity index (χ4v) is 2.49. The highest BCUT2D eigenvalue weighted by molar-refractivity contribution is 9.10. The maximum atomic E-state index is 5.62. The summed E-state index contributed by atoms with van der Waals surface area (Å²) in [7, 11) is 0. The fraction of sp³-hybridized carbons (Fsp3) is 0.167. The third kappa shape index (κ3) is 3.58. The Kier molecular flexibility index (Phi) is 4.82. The molecule has 0 amide bonds. The number of halogens is 2. The van der Waals surface area contributed by atoms with E-state index in [1.54, 1.807) is 18.6 Å². The lowest BCUT2D eigenvalue weighted by Gasteiger charge is -2.16. The van der Waals surface area contributed by atoms with E-state index in [-0.39, 0.29) is 6.04 Å². The molecule has 18 heavy (non-hydrogen) atoms. The molecule has 2 aromatic rings. The number of hydrogen-bond acceptors (Lipinski definition) is 4. The van der Waals surface area contributed by atoms with Crippen LogP contribution in [0, 0.1) is 0 Å². The molecule has 0 spiro atoms. The van der Waals surface area contributed by atoms with Crippen LogP contribution in [-0.4, -0.2) is 9.97 Å². The Morgan fingerprint density at radius 2 is 1.72 bits per heavy atom. The van der Waals surface area contributed by atoms with E-state index in [4.69, 9.17) is 5.84 Å². The lowest BCUT2D eigenvalue weighted by molar-refractivity contribution is 0.549. The molecule has 0 saturated carbocycles. The Balaban J connectivity index is 2.19. The Hall–Kier alpha value is -0.820. The van der Waals surface area contributed by atoms with Crippen molar-refractivity contribution in [2.45, 2.75) is 12.5 Å². The minimum absolute atomic E-state index is 0.00565. The summed E-state index contributed by atoms with van der Waals surface area (Å²) in [4.78, 5) is 8.29. The van der Waals surface area contributed by atoms with Crippen LogP contribution in [0.5, 0.6) is 0 Å². The Morgan fingerprint density at radius 3 is 2.33 bits per heavy atom. The van der Waals surface area contributed by atoms with Crippen LogP contribution in [0.3, 0.4) is 0 Å².